The lowest BCUT2D eigenvalue weighted by Crippen LogP contribution is -2.66. The number of allylic oxidation sites excluding steroid dienone is 3. The largest absolute Gasteiger partial charge is 0.475 e. The van der Waals surface area contributed by atoms with Gasteiger partial charge >= 0.3 is 7.82 Å². The first-order chi connectivity index (χ1) is 27.8. The number of carbonyl (C=O) groups is 1. The molecule has 1 N–H and O–H groups in total. The summed E-state index contributed by atoms with van der Waals surface area (Å²) in [6, 6.07) is -0.834. The van der Waals surface area contributed by atoms with E-state index in [9.17, 15) is 9.36 Å². The Morgan fingerprint density at radius 1 is 0.789 bits per heavy atom. The number of methoxy groups -OCH3 is 2. The highest BCUT2D eigenvalue weighted by atomic mass is 31.2. The van der Waals surface area contributed by atoms with Crippen LogP contribution in [-0.4, -0.2) is 83.3 Å². The van der Waals surface area contributed by atoms with Crippen LogP contribution < -0.4 is 5.32 Å². The molecule has 0 spiro atoms. The fourth-order valence-corrected chi connectivity index (χ4v) is 8.12. The molecule has 1 aliphatic heterocycles. The average molecular weight is 828 g/mol. The summed E-state index contributed by atoms with van der Waals surface area (Å²) >= 11 is 0. The fourth-order valence-electron chi connectivity index (χ4n) is 6.79. The van der Waals surface area contributed by atoms with E-state index >= 15 is 0 Å². The zero-order chi connectivity index (χ0) is 41.8. The van der Waals surface area contributed by atoms with Crippen LogP contribution >= 0.6 is 7.82 Å². The molecule has 6 atom stereocenters. The van der Waals surface area contributed by atoms with E-state index in [-0.39, 0.29) is 38.4 Å². The van der Waals surface area contributed by atoms with Gasteiger partial charge in [0.2, 0.25) is 12.2 Å². The zero-order valence-electron chi connectivity index (χ0n) is 36.5. The number of amides is 1. The third-order valence-corrected chi connectivity index (χ3v) is 11.4. The summed E-state index contributed by atoms with van der Waals surface area (Å²) in [5, 5.41) is 3.14. The SMILES string of the molecule is C=CCOP(=O)(OCC=C)OC1C(COC)O[C@H](O/C=C\C)[C@H](NC(=O)CCCCCCCCC/C=C\CCCCCC)C1OCCC(CCCCCCC)OC. The van der Waals surface area contributed by atoms with E-state index in [1.54, 1.807) is 13.2 Å². The van der Waals surface area contributed by atoms with Crippen LogP contribution in [0.5, 0.6) is 0 Å². The Labute approximate surface area is 347 Å². The van der Waals surface area contributed by atoms with Crippen LogP contribution in [0.2, 0.25) is 0 Å². The maximum absolute atomic E-state index is 14.0. The van der Waals surface area contributed by atoms with Gasteiger partial charge in [-0.25, -0.2) is 4.57 Å². The Morgan fingerprint density at radius 3 is 1.95 bits per heavy atom. The molecule has 12 heteroatoms. The van der Waals surface area contributed by atoms with Crippen molar-refractivity contribution in [3.63, 3.8) is 0 Å². The van der Waals surface area contributed by atoms with E-state index in [1.807, 2.05) is 6.92 Å². The molecule has 4 unspecified atom stereocenters. The van der Waals surface area contributed by atoms with E-state index in [0.29, 0.717) is 12.8 Å². The van der Waals surface area contributed by atoms with Crippen LogP contribution in [-0.2, 0) is 46.6 Å². The minimum Gasteiger partial charge on any atom is -0.471 e. The number of hydrogen-bond donors (Lipinski definition) is 1. The van der Waals surface area contributed by atoms with Crippen molar-refractivity contribution in [2.24, 2.45) is 0 Å². The van der Waals surface area contributed by atoms with Gasteiger partial charge in [-0.3, -0.25) is 18.4 Å². The highest BCUT2D eigenvalue weighted by Gasteiger charge is 2.52. The molecule has 1 aliphatic rings. The quantitative estimate of drug-likeness (QED) is 0.0277. The number of phosphoric acid groups is 1. The summed E-state index contributed by atoms with van der Waals surface area (Å²) < 4.78 is 61.8. The molecule has 1 rings (SSSR count). The van der Waals surface area contributed by atoms with Gasteiger partial charge in [0.05, 0.1) is 32.2 Å². The Morgan fingerprint density at radius 2 is 1.37 bits per heavy atom. The molecule has 0 saturated carbocycles. The summed E-state index contributed by atoms with van der Waals surface area (Å²) in [5.41, 5.74) is 0. The second kappa shape index (κ2) is 36.1. The second-order valence-corrected chi connectivity index (χ2v) is 16.5. The number of phosphoric ester groups is 1. The minimum atomic E-state index is -4.20. The van der Waals surface area contributed by atoms with Crippen molar-refractivity contribution in [1.82, 2.24) is 5.32 Å². The number of unbranched alkanes of at least 4 members (excludes halogenated alkanes) is 15. The summed E-state index contributed by atoms with van der Waals surface area (Å²) in [6.45, 7) is 13.8. The van der Waals surface area contributed by atoms with E-state index in [0.717, 1.165) is 51.4 Å². The monoisotopic (exact) mass is 828 g/mol. The van der Waals surface area contributed by atoms with Gasteiger partial charge in [0, 0.05) is 27.2 Å². The predicted molar refractivity (Wildman–Crippen MR) is 231 cm³/mol. The topological polar surface area (TPSA) is 120 Å². The van der Waals surface area contributed by atoms with Crippen LogP contribution in [0, 0.1) is 0 Å². The third kappa shape index (κ3) is 25.4. The number of carbonyl (C=O) groups excluding carboxylic acids is 1. The van der Waals surface area contributed by atoms with E-state index in [1.165, 1.54) is 96.2 Å². The van der Waals surface area contributed by atoms with Crippen molar-refractivity contribution in [2.75, 3.05) is 40.6 Å². The van der Waals surface area contributed by atoms with Gasteiger partial charge in [-0.1, -0.05) is 128 Å². The summed E-state index contributed by atoms with van der Waals surface area (Å²) in [6.07, 6.45) is 30.1. The van der Waals surface area contributed by atoms with Gasteiger partial charge in [-0.2, -0.15) is 0 Å². The number of hydrogen-bond acceptors (Lipinski definition) is 10. The average Bonchev–Trinajstić information content (AvgIpc) is 3.21. The Hall–Kier alpha value is -1.82. The van der Waals surface area contributed by atoms with Gasteiger partial charge in [-0.15, -0.1) is 13.2 Å². The molecule has 0 aliphatic carbocycles. The van der Waals surface area contributed by atoms with Crippen LogP contribution in [0.25, 0.3) is 0 Å². The predicted octanol–water partition coefficient (Wildman–Crippen LogP) is 11.5. The van der Waals surface area contributed by atoms with Crippen molar-refractivity contribution in [3.8, 4) is 0 Å². The lowest BCUT2D eigenvalue weighted by molar-refractivity contribution is -0.262. The van der Waals surface area contributed by atoms with Gasteiger partial charge in [0.1, 0.15) is 24.4 Å². The molecule has 57 heavy (non-hydrogen) atoms. The van der Waals surface area contributed by atoms with Crippen LogP contribution in [0.15, 0.2) is 49.8 Å². The summed E-state index contributed by atoms with van der Waals surface area (Å²) in [5.74, 6) is -0.160. The normalized spacial score (nSPS) is 20.6. The molecular formula is C45H82NO10P. The maximum Gasteiger partial charge on any atom is 0.475 e. The summed E-state index contributed by atoms with van der Waals surface area (Å²) in [4.78, 5) is 13.6. The molecule has 1 saturated heterocycles. The maximum atomic E-state index is 14.0. The highest BCUT2D eigenvalue weighted by Crippen LogP contribution is 2.52. The molecule has 1 amide bonds. The van der Waals surface area contributed by atoms with Crippen LogP contribution in [0.3, 0.4) is 0 Å². The standard InChI is InChI=1S/C45H82NO10P/c1-8-13-15-17-18-19-20-21-22-23-24-25-26-28-30-32-41(47)46-42-44(51-37-33-39(50-7)31-29-27-16-14-9-2)43(40(38-49-6)55-45(42)52-34-10-3)56-57(48,53-35-11-4)54-36-12-5/h10-12,19-20,34,39-40,42-45H,4-5,8-9,13-18,21-33,35-38H2,1-3,6-7H3,(H,46,47)/b20-19-,34-10-/t39?,40?,42-,43?,44?,45+/m1/s1. The lowest BCUT2D eigenvalue weighted by atomic mass is 9.96. The summed E-state index contributed by atoms with van der Waals surface area (Å²) in [7, 11) is -0.950. The molecule has 332 valence electrons. The van der Waals surface area contributed by atoms with Gasteiger partial charge in [0.25, 0.3) is 0 Å². The molecule has 0 radical (unpaired) electrons. The zero-order valence-corrected chi connectivity index (χ0v) is 37.4. The van der Waals surface area contributed by atoms with E-state index in [2.05, 4.69) is 44.5 Å². The van der Waals surface area contributed by atoms with Crippen molar-refractivity contribution < 1.29 is 46.6 Å². The molecule has 0 bridgehead atoms. The van der Waals surface area contributed by atoms with Crippen LogP contribution in [0.1, 0.15) is 156 Å². The van der Waals surface area contributed by atoms with Gasteiger partial charge < -0.3 is 29.0 Å². The van der Waals surface area contributed by atoms with Crippen molar-refractivity contribution in [3.05, 3.63) is 49.8 Å². The van der Waals surface area contributed by atoms with Gasteiger partial charge in [-0.05, 0) is 51.9 Å². The van der Waals surface area contributed by atoms with E-state index in [4.69, 9.17) is 37.3 Å². The Balaban J connectivity index is 3.04. The van der Waals surface area contributed by atoms with Crippen molar-refractivity contribution >= 4 is 13.7 Å². The van der Waals surface area contributed by atoms with Crippen LogP contribution in [0.4, 0.5) is 0 Å². The molecule has 0 aromatic carbocycles. The highest BCUT2D eigenvalue weighted by molar-refractivity contribution is 7.48. The first-order valence-corrected chi connectivity index (χ1v) is 23.6. The molecule has 1 fully saturated rings. The molecule has 1 heterocycles. The van der Waals surface area contributed by atoms with Crippen molar-refractivity contribution in [1.29, 1.82) is 0 Å². The van der Waals surface area contributed by atoms with Gasteiger partial charge in [0.15, 0.2) is 0 Å². The number of rotatable bonds is 39. The number of nitrogens with one attached hydrogen (secondary N) is 1. The second-order valence-electron chi connectivity index (χ2n) is 14.9. The lowest BCUT2D eigenvalue weighted by Gasteiger charge is -2.46. The Bertz CT molecular complexity index is 1090. The molecule has 0 aromatic heterocycles. The first kappa shape index (κ1) is 53.2. The smallest absolute Gasteiger partial charge is 0.471 e. The third-order valence-electron chi connectivity index (χ3n) is 9.98. The number of ether oxygens (including phenoxy) is 5. The van der Waals surface area contributed by atoms with Crippen molar-refractivity contribution in [2.45, 2.75) is 192 Å². The molecule has 11 nitrogen and oxygen atoms in total. The molecule has 0 aromatic rings. The minimum absolute atomic E-state index is 0.0105. The van der Waals surface area contributed by atoms with E-state index < -0.39 is 38.5 Å². The first-order valence-electron chi connectivity index (χ1n) is 22.1. The molecular weight excluding hydrogens is 745 g/mol. The Kier molecular flexibility index (Phi) is 33.7. The fraction of sp³-hybridized carbons (Fsp3) is 0.800.